The van der Waals surface area contributed by atoms with Gasteiger partial charge in [-0.15, -0.1) is 0 Å². The molecular weight excluding hydrogens is 391 g/mol. The minimum Gasteiger partial charge on any atom is -0.392 e. The summed E-state index contributed by atoms with van der Waals surface area (Å²) in [5.74, 6) is 0.0144. The molecule has 2 aromatic carbocycles. The molecule has 29 heavy (non-hydrogen) atoms. The third-order valence-corrected chi connectivity index (χ3v) is 5.67. The molecule has 2 aromatic heterocycles. The number of halogens is 2. The Morgan fingerprint density at radius 2 is 1.90 bits per heavy atom. The van der Waals surface area contributed by atoms with Crippen molar-refractivity contribution in [2.24, 2.45) is 0 Å². The van der Waals surface area contributed by atoms with Crippen molar-refractivity contribution in [3.63, 3.8) is 0 Å². The molecule has 0 saturated heterocycles. The van der Waals surface area contributed by atoms with Crippen molar-refractivity contribution in [3.8, 4) is 0 Å². The van der Waals surface area contributed by atoms with Gasteiger partial charge in [-0.05, 0) is 41.3 Å². The minimum absolute atomic E-state index is 0.00806. The standard InChI is InChI=1S/C22H18ClFN4O/c23-15-5-6-19-18(9-15)17-7-8-28(22-25-10-16(24)11-26-22)21(20(17)27-19)14-3-1-13(12-29)2-4-14/h1-6,9-11,21,27,29H,7-8,12H2. The van der Waals surface area contributed by atoms with Crippen LogP contribution in [-0.2, 0) is 13.0 Å². The van der Waals surface area contributed by atoms with E-state index in [-0.39, 0.29) is 12.6 Å². The first-order valence-corrected chi connectivity index (χ1v) is 9.76. The topological polar surface area (TPSA) is 65.0 Å². The van der Waals surface area contributed by atoms with Crippen LogP contribution in [0.4, 0.5) is 10.3 Å². The van der Waals surface area contributed by atoms with Gasteiger partial charge in [-0.25, -0.2) is 14.4 Å². The Morgan fingerprint density at radius 3 is 2.62 bits per heavy atom. The molecule has 1 aliphatic rings. The number of aliphatic hydroxyl groups is 1. The maximum absolute atomic E-state index is 13.4. The Morgan fingerprint density at radius 1 is 1.14 bits per heavy atom. The Kier molecular flexibility index (Phi) is 4.45. The zero-order valence-corrected chi connectivity index (χ0v) is 16.2. The molecule has 2 N–H and O–H groups in total. The van der Waals surface area contributed by atoms with Crippen LogP contribution in [0.1, 0.15) is 28.4 Å². The maximum atomic E-state index is 13.4. The van der Waals surface area contributed by atoms with Crippen molar-refractivity contribution in [2.45, 2.75) is 19.1 Å². The van der Waals surface area contributed by atoms with Crippen LogP contribution < -0.4 is 4.90 Å². The number of nitrogens with zero attached hydrogens (tertiary/aromatic N) is 3. The second-order valence-electron chi connectivity index (χ2n) is 7.15. The van der Waals surface area contributed by atoms with E-state index in [1.807, 2.05) is 42.5 Å². The summed E-state index contributed by atoms with van der Waals surface area (Å²) in [4.78, 5) is 14.1. The van der Waals surface area contributed by atoms with Crippen LogP contribution in [0.15, 0.2) is 54.9 Å². The molecule has 0 spiro atoms. The van der Waals surface area contributed by atoms with E-state index in [1.165, 1.54) is 18.0 Å². The zero-order valence-electron chi connectivity index (χ0n) is 15.4. The molecule has 1 aliphatic heterocycles. The number of H-pyrrole nitrogens is 1. The van der Waals surface area contributed by atoms with E-state index in [0.29, 0.717) is 17.5 Å². The summed E-state index contributed by atoms with van der Waals surface area (Å²) >= 11 is 6.24. The number of nitrogens with one attached hydrogen (secondary N) is 1. The van der Waals surface area contributed by atoms with Gasteiger partial charge in [0.05, 0.1) is 25.0 Å². The summed E-state index contributed by atoms with van der Waals surface area (Å²) in [5.41, 5.74) is 5.18. The molecule has 0 radical (unpaired) electrons. The Labute approximate surface area is 171 Å². The predicted octanol–water partition coefficient (Wildman–Crippen LogP) is 4.39. The molecule has 0 saturated carbocycles. The second kappa shape index (κ2) is 7.13. The number of hydrogen-bond donors (Lipinski definition) is 2. The highest BCUT2D eigenvalue weighted by atomic mass is 35.5. The molecule has 1 unspecified atom stereocenters. The molecule has 1 atom stereocenters. The number of fused-ring (bicyclic) bond motifs is 3. The molecule has 0 fully saturated rings. The van der Waals surface area contributed by atoms with Gasteiger partial charge in [-0.1, -0.05) is 35.9 Å². The number of anilines is 1. The van der Waals surface area contributed by atoms with Crippen LogP contribution in [0.5, 0.6) is 0 Å². The summed E-state index contributed by atoms with van der Waals surface area (Å²) in [6.45, 7) is 0.677. The SMILES string of the molecule is OCc1ccc(C2c3[nH]c4ccc(Cl)cc4c3CCN2c2ncc(F)cn2)cc1. The molecule has 4 aromatic rings. The monoisotopic (exact) mass is 408 g/mol. The van der Waals surface area contributed by atoms with Crippen molar-refractivity contribution < 1.29 is 9.50 Å². The molecule has 0 aliphatic carbocycles. The highest BCUT2D eigenvalue weighted by Crippen LogP contribution is 2.40. The maximum Gasteiger partial charge on any atom is 0.226 e. The average Bonchev–Trinajstić information content (AvgIpc) is 3.11. The van der Waals surface area contributed by atoms with Crippen LogP contribution >= 0.6 is 11.6 Å². The Bertz CT molecular complexity index is 1170. The highest BCUT2D eigenvalue weighted by molar-refractivity contribution is 6.31. The lowest BCUT2D eigenvalue weighted by Gasteiger charge is -2.36. The fourth-order valence-electron chi connectivity index (χ4n) is 4.08. The van der Waals surface area contributed by atoms with Crippen LogP contribution in [0.2, 0.25) is 5.02 Å². The van der Waals surface area contributed by atoms with Gasteiger partial charge in [-0.3, -0.25) is 0 Å². The molecule has 146 valence electrons. The van der Waals surface area contributed by atoms with Gasteiger partial charge in [0.15, 0.2) is 5.82 Å². The van der Waals surface area contributed by atoms with Crippen molar-refractivity contribution in [2.75, 3.05) is 11.4 Å². The molecule has 0 amide bonds. The third kappa shape index (κ3) is 3.14. The lowest BCUT2D eigenvalue weighted by Crippen LogP contribution is -2.37. The van der Waals surface area contributed by atoms with E-state index < -0.39 is 5.82 Å². The molecule has 7 heteroatoms. The van der Waals surface area contributed by atoms with E-state index in [9.17, 15) is 9.50 Å². The van der Waals surface area contributed by atoms with Gasteiger partial charge in [0, 0.05) is 28.2 Å². The lowest BCUT2D eigenvalue weighted by atomic mass is 9.92. The molecule has 5 nitrogen and oxygen atoms in total. The second-order valence-corrected chi connectivity index (χ2v) is 7.59. The summed E-state index contributed by atoms with van der Waals surface area (Å²) in [6, 6.07) is 13.5. The first-order valence-electron chi connectivity index (χ1n) is 9.38. The van der Waals surface area contributed by atoms with Crippen LogP contribution in [0, 0.1) is 5.82 Å². The fraction of sp³-hybridized carbons (Fsp3) is 0.182. The smallest absolute Gasteiger partial charge is 0.226 e. The number of aromatic amines is 1. The summed E-state index contributed by atoms with van der Waals surface area (Å²) in [5, 5.41) is 11.2. The largest absolute Gasteiger partial charge is 0.392 e. The summed E-state index contributed by atoms with van der Waals surface area (Å²) < 4.78 is 13.4. The van der Waals surface area contributed by atoms with Crippen molar-refractivity contribution >= 4 is 28.5 Å². The van der Waals surface area contributed by atoms with E-state index >= 15 is 0 Å². The van der Waals surface area contributed by atoms with Crippen LogP contribution in [0.25, 0.3) is 10.9 Å². The fourth-order valence-corrected chi connectivity index (χ4v) is 4.25. The molecule has 5 rings (SSSR count). The van der Waals surface area contributed by atoms with E-state index in [1.54, 1.807) is 0 Å². The minimum atomic E-state index is -0.462. The molecular formula is C22H18ClFN4O. The van der Waals surface area contributed by atoms with Gasteiger partial charge in [-0.2, -0.15) is 0 Å². The Balaban J connectivity index is 1.69. The summed E-state index contributed by atoms with van der Waals surface area (Å²) in [6.07, 6.45) is 3.17. The summed E-state index contributed by atoms with van der Waals surface area (Å²) in [7, 11) is 0. The van der Waals surface area contributed by atoms with Crippen LogP contribution in [0.3, 0.4) is 0 Å². The average molecular weight is 409 g/mol. The lowest BCUT2D eigenvalue weighted by molar-refractivity contribution is 0.282. The number of rotatable bonds is 3. The highest BCUT2D eigenvalue weighted by Gasteiger charge is 2.33. The van der Waals surface area contributed by atoms with Gasteiger partial charge in [0.25, 0.3) is 0 Å². The van der Waals surface area contributed by atoms with E-state index in [2.05, 4.69) is 19.9 Å². The van der Waals surface area contributed by atoms with Gasteiger partial charge in [0.2, 0.25) is 5.95 Å². The normalized spacial score (nSPS) is 16.2. The van der Waals surface area contributed by atoms with E-state index in [0.717, 1.165) is 34.1 Å². The first kappa shape index (κ1) is 18.1. The number of benzene rings is 2. The van der Waals surface area contributed by atoms with E-state index in [4.69, 9.17) is 11.6 Å². The quantitative estimate of drug-likeness (QED) is 0.527. The number of aliphatic hydroxyl groups excluding tert-OH is 1. The number of hydrogen-bond acceptors (Lipinski definition) is 4. The Hall–Kier alpha value is -2.96. The van der Waals surface area contributed by atoms with Gasteiger partial charge >= 0.3 is 0 Å². The van der Waals surface area contributed by atoms with Crippen molar-refractivity contribution in [3.05, 3.63) is 88.1 Å². The van der Waals surface area contributed by atoms with Crippen molar-refractivity contribution in [1.82, 2.24) is 15.0 Å². The first-order chi connectivity index (χ1) is 14.1. The third-order valence-electron chi connectivity index (χ3n) is 5.43. The van der Waals surface area contributed by atoms with Crippen molar-refractivity contribution in [1.29, 1.82) is 0 Å². The molecule has 0 bridgehead atoms. The molecule has 3 heterocycles. The predicted molar refractivity (Wildman–Crippen MR) is 111 cm³/mol. The number of aromatic nitrogens is 3. The van der Waals surface area contributed by atoms with Crippen LogP contribution in [-0.4, -0.2) is 26.6 Å². The van der Waals surface area contributed by atoms with Gasteiger partial charge in [0.1, 0.15) is 0 Å². The van der Waals surface area contributed by atoms with Gasteiger partial charge < -0.3 is 15.0 Å². The zero-order chi connectivity index (χ0) is 20.0.